The van der Waals surface area contributed by atoms with Crippen LogP contribution in [0.2, 0.25) is 0 Å². The lowest BCUT2D eigenvalue weighted by Gasteiger charge is -2.19. The first-order chi connectivity index (χ1) is 31.7. The Balaban J connectivity index is 3.48. The number of aliphatic hydroxyl groups excluding tert-OH is 2. The fourth-order valence-corrected chi connectivity index (χ4v) is 9.16. The van der Waals surface area contributed by atoms with Crippen LogP contribution >= 0.6 is 0 Å². The van der Waals surface area contributed by atoms with Gasteiger partial charge in [-0.15, -0.1) is 0 Å². The van der Waals surface area contributed by atoms with Gasteiger partial charge in [-0.1, -0.05) is 307 Å². The van der Waals surface area contributed by atoms with Crippen molar-refractivity contribution in [1.29, 1.82) is 0 Å². The summed E-state index contributed by atoms with van der Waals surface area (Å²) >= 11 is 0. The number of aliphatic hydroxyl groups is 2. The second-order valence-electron chi connectivity index (χ2n) is 20.1. The number of rotatable bonds is 54. The van der Waals surface area contributed by atoms with Gasteiger partial charge in [0, 0.05) is 6.42 Å². The molecule has 0 heterocycles. The first-order valence-corrected chi connectivity index (χ1v) is 29.2. The molecule has 0 fully saturated rings. The Morgan fingerprint density at radius 1 is 0.359 bits per heavy atom. The monoisotopic (exact) mass is 898 g/mol. The molecule has 1 amide bonds. The summed E-state index contributed by atoms with van der Waals surface area (Å²) in [5, 5.41) is 23.1. The zero-order valence-corrected chi connectivity index (χ0v) is 43.6. The van der Waals surface area contributed by atoms with Crippen molar-refractivity contribution in [3.8, 4) is 0 Å². The van der Waals surface area contributed by atoms with E-state index in [2.05, 4.69) is 43.5 Å². The summed E-state index contributed by atoms with van der Waals surface area (Å²) in [5.74, 6) is -0.0716. The van der Waals surface area contributed by atoms with Crippen LogP contribution in [-0.4, -0.2) is 34.9 Å². The highest BCUT2D eigenvalue weighted by molar-refractivity contribution is 5.76. The van der Waals surface area contributed by atoms with Crippen molar-refractivity contribution in [2.45, 2.75) is 334 Å². The molecule has 0 bridgehead atoms. The number of hydrogen-bond acceptors (Lipinski definition) is 3. The summed E-state index contributed by atoms with van der Waals surface area (Å²) in [6.45, 7) is 4.33. The maximum absolute atomic E-state index is 12.5. The van der Waals surface area contributed by atoms with Crippen LogP contribution in [0.1, 0.15) is 322 Å². The van der Waals surface area contributed by atoms with E-state index in [-0.39, 0.29) is 12.5 Å². The van der Waals surface area contributed by atoms with Crippen molar-refractivity contribution in [1.82, 2.24) is 5.32 Å². The lowest BCUT2D eigenvalue weighted by molar-refractivity contribution is -0.123. The number of nitrogens with one attached hydrogen (secondary N) is 1. The molecule has 0 aromatic rings. The van der Waals surface area contributed by atoms with E-state index in [1.165, 1.54) is 263 Å². The fourth-order valence-electron chi connectivity index (χ4n) is 9.16. The Morgan fingerprint density at radius 2 is 0.609 bits per heavy atom. The molecule has 0 saturated carbocycles. The standard InChI is InChI=1S/C60H115NO3/c1-3-5-7-9-11-13-15-17-19-21-23-25-26-27-28-29-30-31-32-33-34-36-38-40-42-44-46-48-50-52-54-56-60(64)61-58(57-62)59(63)55-53-51-49-47-45-43-41-39-37-35-24-22-20-18-16-14-12-10-8-6-4-2/h37,39,45,47,53,55,58-59,62-63H,3-36,38,40-44,46,48-52,54,56-57H2,1-2H3,(H,61,64)/b39-37+,47-45+,55-53+. The van der Waals surface area contributed by atoms with Crippen molar-refractivity contribution in [3.05, 3.63) is 36.5 Å². The Kier molecular flexibility index (Phi) is 54.7. The molecule has 64 heavy (non-hydrogen) atoms. The molecule has 0 aromatic heterocycles. The van der Waals surface area contributed by atoms with Crippen molar-refractivity contribution in [3.63, 3.8) is 0 Å². The molecule has 0 spiro atoms. The van der Waals surface area contributed by atoms with Crippen LogP contribution in [0.15, 0.2) is 36.5 Å². The highest BCUT2D eigenvalue weighted by atomic mass is 16.3. The number of unbranched alkanes of at least 4 members (excludes halogenated alkanes) is 43. The normalized spacial score (nSPS) is 13.0. The Morgan fingerprint density at radius 3 is 0.906 bits per heavy atom. The maximum Gasteiger partial charge on any atom is 0.220 e. The molecule has 2 atom stereocenters. The number of hydrogen-bond donors (Lipinski definition) is 3. The number of amides is 1. The molecule has 0 aliphatic carbocycles. The summed E-state index contributed by atoms with van der Waals surface area (Å²) in [6.07, 6.45) is 76.1. The van der Waals surface area contributed by atoms with Crippen LogP contribution in [0.25, 0.3) is 0 Å². The van der Waals surface area contributed by atoms with Gasteiger partial charge in [0.05, 0.1) is 18.8 Å². The molecule has 0 saturated heterocycles. The van der Waals surface area contributed by atoms with Gasteiger partial charge in [0.15, 0.2) is 0 Å². The molecule has 0 radical (unpaired) electrons. The van der Waals surface area contributed by atoms with Gasteiger partial charge in [-0.3, -0.25) is 4.79 Å². The molecule has 378 valence electrons. The minimum atomic E-state index is -0.869. The molecule has 0 aliphatic rings. The molecular formula is C60H115NO3. The van der Waals surface area contributed by atoms with Crippen LogP contribution in [0.3, 0.4) is 0 Å². The quantitative estimate of drug-likeness (QED) is 0.0421. The van der Waals surface area contributed by atoms with Crippen LogP contribution in [0.5, 0.6) is 0 Å². The molecule has 2 unspecified atom stereocenters. The summed E-state index contributed by atoms with van der Waals surface area (Å²) in [4.78, 5) is 12.5. The van der Waals surface area contributed by atoms with Gasteiger partial charge in [-0.25, -0.2) is 0 Å². The van der Waals surface area contributed by atoms with Gasteiger partial charge < -0.3 is 15.5 Å². The van der Waals surface area contributed by atoms with Gasteiger partial charge in [0.25, 0.3) is 0 Å². The highest BCUT2D eigenvalue weighted by Crippen LogP contribution is 2.18. The van der Waals surface area contributed by atoms with Gasteiger partial charge in [-0.05, 0) is 44.9 Å². The van der Waals surface area contributed by atoms with Crippen molar-refractivity contribution in [2.75, 3.05) is 6.61 Å². The minimum absolute atomic E-state index is 0.0716. The Bertz CT molecular complexity index is 974. The largest absolute Gasteiger partial charge is 0.394 e. The van der Waals surface area contributed by atoms with E-state index in [1.807, 2.05) is 6.08 Å². The first kappa shape index (κ1) is 62.6. The second-order valence-corrected chi connectivity index (χ2v) is 20.1. The SMILES string of the molecule is CCCCCCCCCCCCC/C=C/CC/C=C/CC/C=C/C(O)C(CO)NC(=O)CCCCCCCCCCCCCCCCCCCCCCCCCCCCCCCCC. The molecule has 0 rings (SSSR count). The van der Waals surface area contributed by atoms with E-state index in [4.69, 9.17) is 0 Å². The molecular weight excluding hydrogens is 783 g/mol. The molecule has 0 aliphatic heterocycles. The number of carbonyl (C=O) groups excluding carboxylic acids is 1. The summed E-state index contributed by atoms with van der Waals surface area (Å²) in [5.41, 5.74) is 0. The molecule has 0 aromatic carbocycles. The van der Waals surface area contributed by atoms with Crippen LogP contribution in [0, 0.1) is 0 Å². The third-order valence-electron chi connectivity index (χ3n) is 13.6. The van der Waals surface area contributed by atoms with Gasteiger partial charge >= 0.3 is 0 Å². The number of carbonyl (C=O) groups is 1. The fraction of sp³-hybridized carbons (Fsp3) is 0.883. The zero-order chi connectivity index (χ0) is 46.3. The van der Waals surface area contributed by atoms with Crippen molar-refractivity contribution in [2.24, 2.45) is 0 Å². The van der Waals surface area contributed by atoms with Crippen LogP contribution in [0.4, 0.5) is 0 Å². The van der Waals surface area contributed by atoms with Crippen LogP contribution in [-0.2, 0) is 4.79 Å². The predicted octanol–water partition coefficient (Wildman–Crippen LogP) is 19.3. The molecule has 4 heteroatoms. The predicted molar refractivity (Wildman–Crippen MR) is 285 cm³/mol. The zero-order valence-electron chi connectivity index (χ0n) is 43.6. The first-order valence-electron chi connectivity index (χ1n) is 29.2. The topological polar surface area (TPSA) is 69.6 Å². The van der Waals surface area contributed by atoms with E-state index in [1.54, 1.807) is 6.08 Å². The average molecular weight is 899 g/mol. The van der Waals surface area contributed by atoms with Crippen LogP contribution < -0.4 is 5.32 Å². The van der Waals surface area contributed by atoms with Crippen molar-refractivity contribution >= 4 is 5.91 Å². The van der Waals surface area contributed by atoms with Gasteiger partial charge in [0.2, 0.25) is 5.91 Å². The molecule has 4 nitrogen and oxygen atoms in total. The highest BCUT2D eigenvalue weighted by Gasteiger charge is 2.18. The summed E-state index contributed by atoms with van der Waals surface area (Å²) in [7, 11) is 0. The Hall–Kier alpha value is -1.39. The van der Waals surface area contributed by atoms with Gasteiger partial charge in [-0.2, -0.15) is 0 Å². The average Bonchev–Trinajstić information content (AvgIpc) is 3.30. The lowest BCUT2D eigenvalue weighted by atomic mass is 10.0. The summed E-state index contributed by atoms with van der Waals surface area (Å²) < 4.78 is 0. The van der Waals surface area contributed by atoms with E-state index in [9.17, 15) is 15.0 Å². The van der Waals surface area contributed by atoms with E-state index in [0.29, 0.717) is 6.42 Å². The number of allylic oxidation sites excluding steroid dienone is 5. The third kappa shape index (κ3) is 51.6. The third-order valence-corrected chi connectivity index (χ3v) is 13.6. The molecule has 3 N–H and O–H groups in total. The second kappa shape index (κ2) is 55.9. The van der Waals surface area contributed by atoms with E-state index in [0.717, 1.165) is 38.5 Å². The van der Waals surface area contributed by atoms with Crippen molar-refractivity contribution < 1.29 is 15.0 Å². The smallest absolute Gasteiger partial charge is 0.220 e. The summed E-state index contributed by atoms with van der Waals surface area (Å²) in [6, 6.07) is -0.644. The van der Waals surface area contributed by atoms with E-state index < -0.39 is 12.1 Å². The minimum Gasteiger partial charge on any atom is -0.394 e. The Labute approximate surface area is 402 Å². The van der Waals surface area contributed by atoms with E-state index >= 15 is 0 Å². The maximum atomic E-state index is 12.5. The van der Waals surface area contributed by atoms with Gasteiger partial charge in [0.1, 0.15) is 0 Å². The lowest BCUT2D eigenvalue weighted by Crippen LogP contribution is -2.45.